The topological polar surface area (TPSA) is 43.8 Å². The molecule has 0 bridgehead atoms. The highest BCUT2D eigenvalue weighted by Crippen LogP contribution is 2.31. The first kappa shape index (κ1) is 15.5. The molecular formula is C17H22N2O2S. The Bertz CT molecular complexity index is 682. The molecule has 0 aliphatic carbocycles. The van der Waals surface area contributed by atoms with Crippen molar-refractivity contribution >= 4 is 27.3 Å². The molecule has 0 radical (unpaired) electrons. The zero-order valence-corrected chi connectivity index (χ0v) is 13.9. The number of fused-ring (bicyclic) bond motifs is 1. The number of aryl methyl sites for hydroxylation is 1. The second-order valence-electron chi connectivity index (χ2n) is 5.99. The molecular weight excluding hydrogens is 296 g/mol. The van der Waals surface area contributed by atoms with Crippen molar-refractivity contribution in [2.75, 3.05) is 26.2 Å². The van der Waals surface area contributed by atoms with Crippen LogP contribution in [-0.4, -0.2) is 53.1 Å². The second-order valence-corrected chi connectivity index (χ2v) is 7.24. The third-order valence-electron chi connectivity index (χ3n) is 4.31. The van der Waals surface area contributed by atoms with Gasteiger partial charge in [-0.1, -0.05) is 18.2 Å². The summed E-state index contributed by atoms with van der Waals surface area (Å²) in [6.07, 6.45) is -0.475. The van der Waals surface area contributed by atoms with Gasteiger partial charge in [-0.05, 0) is 23.9 Å². The standard InChI is InChI=1S/C17H22N2O2S/c1-12-16(15-5-3-4-6-17(15)22-12)11-18-7-8-19(13(2)20)10-14(21)9-18/h3-6,14,21H,7-11H2,1-2H3. The van der Waals surface area contributed by atoms with Gasteiger partial charge in [0.2, 0.25) is 5.91 Å². The predicted octanol–water partition coefficient (Wildman–Crippen LogP) is 2.23. The highest BCUT2D eigenvalue weighted by Gasteiger charge is 2.23. The molecule has 5 heteroatoms. The molecule has 1 aromatic carbocycles. The minimum atomic E-state index is -0.475. The van der Waals surface area contributed by atoms with Crippen molar-refractivity contribution in [1.82, 2.24) is 9.80 Å². The van der Waals surface area contributed by atoms with Gasteiger partial charge in [0, 0.05) is 49.2 Å². The van der Waals surface area contributed by atoms with E-state index in [4.69, 9.17) is 0 Å². The van der Waals surface area contributed by atoms with Crippen LogP contribution in [0.15, 0.2) is 24.3 Å². The smallest absolute Gasteiger partial charge is 0.219 e. The van der Waals surface area contributed by atoms with E-state index in [0.717, 1.165) is 13.1 Å². The number of hydrogen-bond donors (Lipinski definition) is 1. The van der Waals surface area contributed by atoms with Crippen molar-refractivity contribution in [2.45, 2.75) is 26.5 Å². The lowest BCUT2D eigenvalue weighted by molar-refractivity contribution is -0.129. The molecule has 118 valence electrons. The van der Waals surface area contributed by atoms with E-state index in [1.165, 1.54) is 20.5 Å². The highest BCUT2D eigenvalue weighted by molar-refractivity contribution is 7.19. The molecule has 0 saturated carbocycles. The Morgan fingerprint density at radius 1 is 1.32 bits per heavy atom. The molecule has 22 heavy (non-hydrogen) atoms. The summed E-state index contributed by atoms with van der Waals surface area (Å²) >= 11 is 1.83. The predicted molar refractivity (Wildman–Crippen MR) is 90.1 cm³/mol. The number of aliphatic hydroxyl groups is 1. The fourth-order valence-electron chi connectivity index (χ4n) is 3.13. The monoisotopic (exact) mass is 318 g/mol. The molecule has 3 rings (SSSR count). The Labute approximate surface area is 135 Å². The molecule has 1 amide bonds. The van der Waals surface area contributed by atoms with Gasteiger partial charge in [0.05, 0.1) is 6.10 Å². The van der Waals surface area contributed by atoms with Crippen LogP contribution >= 0.6 is 11.3 Å². The van der Waals surface area contributed by atoms with E-state index in [1.54, 1.807) is 11.8 Å². The summed E-state index contributed by atoms with van der Waals surface area (Å²) in [6.45, 7) is 7.12. The molecule has 1 aliphatic heterocycles. The zero-order valence-electron chi connectivity index (χ0n) is 13.1. The van der Waals surface area contributed by atoms with Crippen LogP contribution in [0, 0.1) is 6.92 Å². The van der Waals surface area contributed by atoms with Crippen LogP contribution in [0.5, 0.6) is 0 Å². The SMILES string of the molecule is CC(=O)N1CCN(Cc2c(C)sc3ccccc23)CC(O)C1. The summed E-state index contributed by atoms with van der Waals surface area (Å²) in [5.74, 6) is 0.0399. The first-order valence-electron chi connectivity index (χ1n) is 7.67. The van der Waals surface area contributed by atoms with E-state index in [0.29, 0.717) is 19.6 Å². The van der Waals surface area contributed by atoms with Crippen molar-refractivity contribution in [3.05, 3.63) is 34.7 Å². The van der Waals surface area contributed by atoms with E-state index in [-0.39, 0.29) is 5.91 Å². The summed E-state index contributed by atoms with van der Waals surface area (Å²) < 4.78 is 1.32. The first-order valence-corrected chi connectivity index (χ1v) is 8.49. The lowest BCUT2D eigenvalue weighted by Gasteiger charge is -2.21. The number of amides is 1. The van der Waals surface area contributed by atoms with Crippen LogP contribution in [-0.2, 0) is 11.3 Å². The molecule has 4 nitrogen and oxygen atoms in total. The van der Waals surface area contributed by atoms with E-state index >= 15 is 0 Å². The summed E-state index contributed by atoms with van der Waals surface area (Å²) in [7, 11) is 0. The number of β-amino-alcohol motifs (C(OH)–C–C–N with tert-alkyl or cyclic N) is 1. The van der Waals surface area contributed by atoms with E-state index in [9.17, 15) is 9.90 Å². The number of carbonyl (C=O) groups excluding carboxylic acids is 1. The third kappa shape index (κ3) is 3.16. The highest BCUT2D eigenvalue weighted by atomic mass is 32.1. The molecule has 0 spiro atoms. The van der Waals surface area contributed by atoms with Gasteiger partial charge in [-0.15, -0.1) is 11.3 Å². The lowest BCUT2D eigenvalue weighted by atomic mass is 10.1. The number of thiophene rings is 1. The number of benzene rings is 1. The summed E-state index contributed by atoms with van der Waals surface area (Å²) in [6, 6.07) is 8.48. The van der Waals surface area contributed by atoms with Gasteiger partial charge in [-0.25, -0.2) is 0 Å². The first-order chi connectivity index (χ1) is 10.5. The molecule has 1 fully saturated rings. The largest absolute Gasteiger partial charge is 0.390 e. The van der Waals surface area contributed by atoms with Gasteiger partial charge in [-0.3, -0.25) is 9.69 Å². The summed E-state index contributed by atoms with van der Waals surface area (Å²) in [4.78, 5) is 16.9. The second kappa shape index (κ2) is 6.36. The van der Waals surface area contributed by atoms with Crippen LogP contribution < -0.4 is 0 Å². The molecule has 2 heterocycles. The van der Waals surface area contributed by atoms with Crippen LogP contribution in [0.25, 0.3) is 10.1 Å². The molecule has 1 atom stereocenters. The lowest BCUT2D eigenvalue weighted by Crippen LogP contribution is -2.36. The van der Waals surface area contributed by atoms with Gasteiger partial charge in [0.1, 0.15) is 0 Å². The van der Waals surface area contributed by atoms with E-state index in [2.05, 4.69) is 36.1 Å². The Morgan fingerprint density at radius 2 is 2.09 bits per heavy atom. The van der Waals surface area contributed by atoms with Crippen molar-refractivity contribution in [3.63, 3.8) is 0 Å². The number of nitrogens with zero attached hydrogens (tertiary/aromatic N) is 2. The maximum Gasteiger partial charge on any atom is 0.219 e. The average molecular weight is 318 g/mol. The van der Waals surface area contributed by atoms with Crippen molar-refractivity contribution in [3.8, 4) is 0 Å². The van der Waals surface area contributed by atoms with Crippen LogP contribution in [0.1, 0.15) is 17.4 Å². The maximum atomic E-state index is 11.5. The van der Waals surface area contributed by atoms with Gasteiger partial charge in [-0.2, -0.15) is 0 Å². The fraction of sp³-hybridized carbons (Fsp3) is 0.471. The Morgan fingerprint density at radius 3 is 2.86 bits per heavy atom. The summed E-state index contributed by atoms with van der Waals surface area (Å²) in [5, 5.41) is 11.5. The molecule has 1 aliphatic rings. The maximum absolute atomic E-state index is 11.5. The normalized spacial score (nSPS) is 20.3. The number of rotatable bonds is 2. The molecule has 1 aromatic heterocycles. The quantitative estimate of drug-likeness (QED) is 0.923. The van der Waals surface area contributed by atoms with Crippen molar-refractivity contribution in [1.29, 1.82) is 0 Å². The van der Waals surface area contributed by atoms with Crippen LogP contribution in [0.4, 0.5) is 0 Å². The van der Waals surface area contributed by atoms with Gasteiger partial charge >= 0.3 is 0 Å². The van der Waals surface area contributed by atoms with Crippen molar-refractivity contribution < 1.29 is 9.90 Å². The Kier molecular flexibility index (Phi) is 4.47. The van der Waals surface area contributed by atoms with Crippen molar-refractivity contribution in [2.24, 2.45) is 0 Å². The molecule has 2 aromatic rings. The van der Waals surface area contributed by atoms with Gasteiger partial charge in [0.25, 0.3) is 0 Å². The third-order valence-corrected chi connectivity index (χ3v) is 5.44. The summed E-state index contributed by atoms with van der Waals surface area (Å²) in [5.41, 5.74) is 1.35. The van der Waals surface area contributed by atoms with Crippen LogP contribution in [0.2, 0.25) is 0 Å². The Balaban J connectivity index is 1.80. The molecule has 1 unspecified atom stereocenters. The van der Waals surface area contributed by atoms with Crippen LogP contribution in [0.3, 0.4) is 0 Å². The van der Waals surface area contributed by atoms with E-state index < -0.39 is 6.10 Å². The zero-order chi connectivity index (χ0) is 15.7. The number of hydrogen-bond acceptors (Lipinski definition) is 4. The molecule has 1 saturated heterocycles. The fourth-order valence-corrected chi connectivity index (χ4v) is 4.20. The minimum Gasteiger partial charge on any atom is -0.390 e. The van der Waals surface area contributed by atoms with E-state index in [1.807, 2.05) is 11.3 Å². The van der Waals surface area contributed by atoms with Gasteiger partial charge in [0.15, 0.2) is 0 Å². The Hall–Kier alpha value is -1.43. The number of carbonyl (C=O) groups is 1. The number of aliphatic hydroxyl groups excluding tert-OH is 1. The van der Waals surface area contributed by atoms with Gasteiger partial charge < -0.3 is 10.0 Å². The molecule has 1 N–H and O–H groups in total. The minimum absolute atomic E-state index is 0.0399. The average Bonchev–Trinajstić information content (AvgIpc) is 2.66.